The number of benzene rings is 1. The van der Waals surface area contributed by atoms with Crippen molar-refractivity contribution >= 4 is 11.7 Å². The van der Waals surface area contributed by atoms with Crippen LogP contribution in [0, 0.1) is 11.7 Å². The first-order chi connectivity index (χ1) is 13.5. The fourth-order valence-corrected chi connectivity index (χ4v) is 3.66. The van der Waals surface area contributed by atoms with Crippen molar-refractivity contribution in [2.75, 3.05) is 24.6 Å². The minimum Gasteiger partial charge on any atom is -0.394 e. The fraction of sp³-hybridized carbons (Fsp3) is 0.455. The van der Waals surface area contributed by atoms with E-state index in [1.807, 2.05) is 13.8 Å². The van der Waals surface area contributed by atoms with Gasteiger partial charge >= 0.3 is 0 Å². The summed E-state index contributed by atoms with van der Waals surface area (Å²) in [7, 11) is 0. The zero-order valence-corrected chi connectivity index (χ0v) is 16.5. The SMILES string of the molecule is CC(C)CC(CO)NC(=O)c1cnc(N2CCCC2)c(-c2ccccc2F)c1. The topological polar surface area (TPSA) is 65.5 Å². The van der Waals surface area contributed by atoms with Crippen molar-refractivity contribution in [3.8, 4) is 11.1 Å². The van der Waals surface area contributed by atoms with Gasteiger partial charge in [0.05, 0.1) is 18.2 Å². The monoisotopic (exact) mass is 385 g/mol. The number of hydrogen-bond donors (Lipinski definition) is 2. The van der Waals surface area contributed by atoms with Crippen LogP contribution in [0.2, 0.25) is 0 Å². The van der Waals surface area contributed by atoms with Crippen LogP contribution in [0.5, 0.6) is 0 Å². The molecule has 0 bridgehead atoms. The van der Waals surface area contributed by atoms with Gasteiger partial charge in [0, 0.05) is 30.4 Å². The van der Waals surface area contributed by atoms with E-state index in [0.29, 0.717) is 34.8 Å². The Morgan fingerprint density at radius 3 is 2.61 bits per heavy atom. The van der Waals surface area contributed by atoms with E-state index in [2.05, 4.69) is 15.2 Å². The first-order valence-corrected chi connectivity index (χ1v) is 9.91. The van der Waals surface area contributed by atoms with Crippen molar-refractivity contribution in [2.45, 2.75) is 39.2 Å². The second-order valence-corrected chi connectivity index (χ2v) is 7.75. The van der Waals surface area contributed by atoms with E-state index in [4.69, 9.17) is 0 Å². The van der Waals surface area contributed by atoms with Crippen LogP contribution in [0.15, 0.2) is 36.5 Å². The number of nitrogens with zero attached hydrogens (tertiary/aromatic N) is 2. The summed E-state index contributed by atoms with van der Waals surface area (Å²) in [5, 5.41) is 12.4. The standard InChI is InChI=1S/C22H28FN3O2/c1-15(2)11-17(14-27)25-22(28)16-12-19(18-7-3-4-8-20(18)23)21(24-13-16)26-9-5-6-10-26/h3-4,7-8,12-13,15,17,27H,5-6,9-11,14H2,1-2H3,(H,25,28). The van der Waals surface area contributed by atoms with Gasteiger partial charge in [-0.1, -0.05) is 32.0 Å². The number of aliphatic hydroxyl groups is 1. The lowest BCUT2D eigenvalue weighted by Crippen LogP contribution is -2.38. The smallest absolute Gasteiger partial charge is 0.253 e. The van der Waals surface area contributed by atoms with Crippen LogP contribution in [-0.2, 0) is 0 Å². The van der Waals surface area contributed by atoms with Gasteiger partial charge in [-0.3, -0.25) is 4.79 Å². The zero-order chi connectivity index (χ0) is 20.1. The summed E-state index contributed by atoms with van der Waals surface area (Å²) in [6.45, 7) is 5.71. The number of anilines is 1. The Hall–Kier alpha value is -2.47. The van der Waals surface area contributed by atoms with Crippen molar-refractivity contribution in [1.82, 2.24) is 10.3 Å². The van der Waals surface area contributed by atoms with Crippen LogP contribution in [-0.4, -0.2) is 41.7 Å². The van der Waals surface area contributed by atoms with Gasteiger partial charge in [-0.25, -0.2) is 9.37 Å². The maximum atomic E-state index is 14.5. The minimum absolute atomic E-state index is 0.122. The number of nitrogens with one attached hydrogen (secondary N) is 1. The molecule has 0 aliphatic carbocycles. The molecule has 1 aliphatic heterocycles. The molecule has 1 aromatic heterocycles. The molecule has 6 heteroatoms. The van der Waals surface area contributed by atoms with Gasteiger partial charge in [-0.2, -0.15) is 0 Å². The largest absolute Gasteiger partial charge is 0.394 e. The number of aromatic nitrogens is 1. The number of halogens is 1. The van der Waals surface area contributed by atoms with E-state index < -0.39 is 0 Å². The van der Waals surface area contributed by atoms with Gasteiger partial charge in [0.1, 0.15) is 11.6 Å². The summed E-state index contributed by atoms with van der Waals surface area (Å²) in [6, 6.07) is 7.95. The van der Waals surface area contributed by atoms with Crippen molar-refractivity contribution in [3.05, 3.63) is 47.9 Å². The molecule has 2 aromatic rings. The van der Waals surface area contributed by atoms with E-state index in [-0.39, 0.29) is 24.4 Å². The second kappa shape index (κ2) is 9.15. The lowest BCUT2D eigenvalue weighted by molar-refractivity contribution is 0.0908. The summed E-state index contributed by atoms with van der Waals surface area (Å²) in [5.41, 5.74) is 1.42. The van der Waals surface area contributed by atoms with E-state index in [1.165, 1.54) is 12.3 Å². The molecule has 0 saturated carbocycles. The van der Waals surface area contributed by atoms with Crippen molar-refractivity contribution in [1.29, 1.82) is 0 Å². The van der Waals surface area contributed by atoms with Gasteiger partial charge in [0.2, 0.25) is 0 Å². The Balaban J connectivity index is 1.94. The van der Waals surface area contributed by atoms with E-state index >= 15 is 0 Å². The number of amides is 1. The molecule has 5 nitrogen and oxygen atoms in total. The molecule has 2 N–H and O–H groups in total. The molecule has 2 heterocycles. The molecule has 28 heavy (non-hydrogen) atoms. The highest BCUT2D eigenvalue weighted by Crippen LogP contribution is 2.33. The first kappa shape index (κ1) is 20.3. The van der Waals surface area contributed by atoms with Gasteiger partial charge < -0.3 is 15.3 Å². The van der Waals surface area contributed by atoms with Crippen molar-refractivity contribution < 1.29 is 14.3 Å². The molecule has 3 rings (SSSR count). The number of aliphatic hydroxyl groups excluding tert-OH is 1. The molecule has 0 radical (unpaired) electrons. The molecule has 1 saturated heterocycles. The summed E-state index contributed by atoms with van der Waals surface area (Å²) >= 11 is 0. The van der Waals surface area contributed by atoms with E-state index in [9.17, 15) is 14.3 Å². The van der Waals surface area contributed by atoms with Crippen LogP contribution in [0.4, 0.5) is 10.2 Å². The minimum atomic E-state index is -0.338. The quantitative estimate of drug-likeness (QED) is 0.764. The molecule has 1 aromatic carbocycles. The molecule has 1 aliphatic rings. The van der Waals surface area contributed by atoms with Crippen LogP contribution >= 0.6 is 0 Å². The zero-order valence-electron chi connectivity index (χ0n) is 16.5. The normalized spacial score (nSPS) is 15.1. The average molecular weight is 385 g/mol. The maximum Gasteiger partial charge on any atom is 0.253 e. The summed E-state index contributed by atoms with van der Waals surface area (Å²) < 4.78 is 14.5. The predicted octanol–water partition coefficient (Wildman–Crippen LogP) is 3.62. The van der Waals surface area contributed by atoms with Crippen LogP contribution < -0.4 is 10.2 Å². The Morgan fingerprint density at radius 1 is 1.25 bits per heavy atom. The number of pyridine rings is 1. The fourth-order valence-electron chi connectivity index (χ4n) is 3.66. The maximum absolute atomic E-state index is 14.5. The number of hydrogen-bond acceptors (Lipinski definition) is 4. The number of carbonyl (C=O) groups excluding carboxylic acids is 1. The van der Waals surface area contributed by atoms with Crippen LogP contribution in [0.25, 0.3) is 11.1 Å². The molecule has 1 amide bonds. The third-order valence-corrected chi connectivity index (χ3v) is 5.01. The molecule has 1 unspecified atom stereocenters. The highest BCUT2D eigenvalue weighted by molar-refractivity contribution is 5.96. The molecule has 0 spiro atoms. The predicted molar refractivity (Wildman–Crippen MR) is 109 cm³/mol. The summed E-state index contributed by atoms with van der Waals surface area (Å²) in [5.74, 6) is 0.412. The van der Waals surface area contributed by atoms with E-state index in [1.54, 1.807) is 24.3 Å². The molecule has 1 atom stereocenters. The Labute approximate surface area is 165 Å². The summed E-state index contributed by atoms with van der Waals surface area (Å²) in [4.78, 5) is 19.4. The van der Waals surface area contributed by atoms with Gasteiger partial charge in [-0.15, -0.1) is 0 Å². The third kappa shape index (κ3) is 4.68. The summed E-state index contributed by atoms with van der Waals surface area (Å²) in [6.07, 6.45) is 4.38. The second-order valence-electron chi connectivity index (χ2n) is 7.75. The Morgan fingerprint density at radius 2 is 1.96 bits per heavy atom. The lowest BCUT2D eigenvalue weighted by Gasteiger charge is -2.22. The van der Waals surface area contributed by atoms with Gasteiger partial charge in [0.15, 0.2) is 0 Å². The molecular weight excluding hydrogens is 357 g/mol. The van der Waals surface area contributed by atoms with Crippen molar-refractivity contribution in [2.24, 2.45) is 5.92 Å². The van der Waals surface area contributed by atoms with Gasteiger partial charge in [0.25, 0.3) is 5.91 Å². The Kier molecular flexibility index (Phi) is 6.62. The van der Waals surface area contributed by atoms with Gasteiger partial charge in [-0.05, 0) is 37.3 Å². The first-order valence-electron chi connectivity index (χ1n) is 9.91. The lowest BCUT2D eigenvalue weighted by atomic mass is 10.0. The Bertz CT molecular complexity index is 819. The average Bonchev–Trinajstić information content (AvgIpc) is 3.21. The van der Waals surface area contributed by atoms with E-state index in [0.717, 1.165) is 25.9 Å². The number of carbonyl (C=O) groups is 1. The van der Waals surface area contributed by atoms with Crippen molar-refractivity contribution in [3.63, 3.8) is 0 Å². The highest BCUT2D eigenvalue weighted by atomic mass is 19.1. The molecule has 150 valence electrons. The molecule has 1 fully saturated rings. The number of rotatable bonds is 7. The highest BCUT2D eigenvalue weighted by Gasteiger charge is 2.22. The van der Waals surface area contributed by atoms with Crippen LogP contribution in [0.1, 0.15) is 43.5 Å². The molecular formula is C22H28FN3O2. The van der Waals surface area contributed by atoms with Crippen LogP contribution in [0.3, 0.4) is 0 Å². The third-order valence-electron chi connectivity index (χ3n) is 5.01.